The predicted molar refractivity (Wildman–Crippen MR) is 181 cm³/mol. The lowest BCUT2D eigenvalue weighted by Gasteiger charge is -2.44. The molecule has 1 aromatic carbocycles. The first-order chi connectivity index (χ1) is 22.2. The highest BCUT2D eigenvalue weighted by atomic mass is 19.3. The highest BCUT2D eigenvalue weighted by molar-refractivity contribution is 5.77. The van der Waals surface area contributed by atoms with E-state index in [9.17, 15) is 9.18 Å². The number of ether oxygens (including phenoxy) is 1. The second kappa shape index (κ2) is 18.1. The highest BCUT2D eigenvalue weighted by Gasteiger charge is 2.59. The van der Waals surface area contributed by atoms with Gasteiger partial charge in [-0.05, 0) is 56.8 Å². The molecule has 2 unspecified atom stereocenters. The average Bonchev–Trinajstić information content (AvgIpc) is 3.21. The van der Waals surface area contributed by atoms with Crippen molar-refractivity contribution in [3.8, 4) is 17.0 Å². The lowest BCUT2D eigenvalue weighted by molar-refractivity contribution is -0.181. The molecular weight excluding hydrogens is 611 g/mol. The molecule has 2 N–H and O–H groups in total. The molecule has 12 heteroatoms. The maximum Gasteiger partial charge on any atom is 0.317 e. The number of aromatic nitrogens is 1. The van der Waals surface area contributed by atoms with Crippen LogP contribution in [0.15, 0.2) is 40.6 Å². The number of carbonyl (C=O) groups is 1. The number of likely N-dealkylation sites (N-methyl/N-ethyl adjacent to an activating group) is 1. The summed E-state index contributed by atoms with van der Waals surface area (Å²) >= 11 is 0. The van der Waals surface area contributed by atoms with Crippen molar-refractivity contribution in [1.82, 2.24) is 15.2 Å². The van der Waals surface area contributed by atoms with Gasteiger partial charge in [0.2, 0.25) is 0 Å². The molecule has 2 aliphatic rings. The molecule has 0 radical (unpaired) electrons. The number of pyridine rings is 1. The Morgan fingerprint density at radius 2 is 1.96 bits per heavy atom. The van der Waals surface area contributed by atoms with Crippen molar-refractivity contribution in [2.75, 3.05) is 33.2 Å². The fourth-order valence-electron chi connectivity index (χ4n) is 5.13. The summed E-state index contributed by atoms with van der Waals surface area (Å²) in [6.45, 7) is 17.6. The molecule has 1 aromatic heterocycles. The summed E-state index contributed by atoms with van der Waals surface area (Å²) in [4.78, 5) is 26.9. The fraction of sp³-hybridized carbons (Fsp3) is 0.600. The van der Waals surface area contributed by atoms with Crippen molar-refractivity contribution in [1.29, 1.82) is 0 Å². The SMILES string of the molecule is C=NOC(=NCCC(C)(C)C)N1CCCC2(CC1)Oc1cnc(-c3ccc(C=O)c(F)c3)cc1CC2(F)F.CCC.CNCC(C)O. The quantitative estimate of drug-likeness (QED) is 0.143. The zero-order valence-electron chi connectivity index (χ0n) is 28.9. The number of aliphatic hydroxyl groups excluding tert-OH is 1. The van der Waals surface area contributed by atoms with E-state index in [1.807, 2.05) is 11.9 Å². The van der Waals surface area contributed by atoms with Crippen molar-refractivity contribution < 1.29 is 32.6 Å². The van der Waals surface area contributed by atoms with Gasteiger partial charge in [-0.15, -0.1) is 0 Å². The first kappa shape index (κ1) is 39.7. The molecule has 47 heavy (non-hydrogen) atoms. The molecule has 0 bridgehead atoms. The normalized spacial score (nSPS) is 19.5. The molecule has 0 saturated carbocycles. The van der Waals surface area contributed by atoms with E-state index in [1.165, 1.54) is 36.9 Å². The minimum Gasteiger partial charge on any atom is -0.479 e. The van der Waals surface area contributed by atoms with Crippen molar-refractivity contribution in [2.24, 2.45) is 15.6 Å². The number of nitrogens with zero attached hydrogens (tertiary/aromatic N) is 4. The van der Waals surface area contributed by atoms with Crippen LogP contribution >= 0.6 is 0 Å². The number of fused-ring (bicyclic) bond motifs is 1. The van der Waals surface area contributed by atoms with Gasteiger partial charge >= 0.3 is 6.02 Å². The van der Waals surface area contributed by atoms with Crippen LogP contribution in [-0.2, 0) is 11.3 Å². The summed E-state index contributed by atoms with van der Waals surface area (Å²) in [5.74, 6) is -3.55. The van der Waals surface area contributed by atoms with Gasteiger partial charge in [-0.1, -0.05) is 52.3 Å². The summed E-state index contributed by atoms with van der Waals surface area (Å²) in [7, 11) is 1.81. The standard InChI is InChI=1S/C28H33F3N4O3.C4H11NO.C3H8/c1-26(2,3)9-11-33-25(38-32-4)35-12-5-8-27(10-13-35)28(30,31)16-21-15-23(34-17-24(21)37-27)19-6-7-20(18-36)22(29)14-19;1-4(6)3-5-2;1-3-2/h6-7,14-15,17-18H,4-5,8-13,16H2,1-3H3;4-6H,3H2,1-2H3;3H2,1-2H3. The van der Waals surface area contributed by atoms with Crippen molar-refractivity contribution in [2.45, 2.75) is 97.7 Å². The van der Waals surface area contributed by atoms with Gasteiger partial charge in [-0.2, -0.15) is 0 Å². The molecule has 2 aromatic rings. The van der Waals surface area contributed by atoms with E-state index in [0.29, 0.717) is 54.9 Å². The Bertz CT molecular complexity index is 1330. The van der Waals surface area contributed by atoms with Gasteiger partial charge in [-0.3, -0.25) is 9.78 Å². The third-order valence-corrected chi connectivity index (χ3v) is 7.58. The maximum absolute atomic E-state index is 15.8. The number of aldehydes is 1. The van der Waals surface area contributed by atoms with Crippen LogP contribution in [0.2, 0.25) is 0 Å². The Kier molecular flexibility index (Phi) is 15.3. The predicted octanol–water partition coefficient (Wildman–Crippen LogP) is 6.92. The Labute approximate surface area is 277 Å². The van der Waals surface area contributed by atoms with Gasteiger partial charge in [0, 0.05) is 56.9 Å². The van der Waals surface area contributed by atoms with E-state index < -0.39 is 23.8 Å². The molecule has 2 atom stereocenters. The highest BCUT2D eigenvalue weighted by Crippen LogP contribution is 2.48. The van der Waals surface area contributed by atoms with Crippen LogP contribution in [0.3, 0.4) is 0 Å². The zero-order chi connectivity index (χ0) is 35.3. The molecule has 4 rings (SSSR count). The summed E-state index contributed by atoms with van der Waals surface area (Å²) < 4.78 is 51.7. The van der Waals surface area contributed by atoms with Gasteiger partial charge in [-0.25, -0.2) is 18.2 Å². The van der Waals surface area contributed by atoms with Crippen molar-refractivity contribution in [3.63, 3.8) is 0 Å². The van der Waals surface area contributed by atoms with E-state index >= 15 is 8.78 Å². The van der Waals surface area contributed by atoms with Crippen molar-refractivity contribution >= 4 is 19.0 Å². The second-order valence-corrected chi connectivity index (χ2v) is 13.2. The molecule has 1 saturated heterocycles. The Hall–Kier alpha value is -3.51. The minimum atomic E-state index is -3.15. The fourth-order valence-corrected chi connectivity index (χ4v) is 5.13. The summed E-state index contributed by atoms with van der Waals surface area (Å²) in [5, 5.41) is 14.8. The topological polar surface area (TPSA) is 109 Å². The number of hydrogen-bond acceptors (Lipinski definition) is 8. The van der Waals surface area contributed by atoms with Crippen LogP contribution in [0.25, 0.3) is 11.3 Å². The lowest BCUT2D eigenvalue weighted by Crippen LogP contribution is -2.57. The number of nitrogens with one attached hydrogen (secondary N) is 1. The summed E-state index contributed by atoms with van der Waals surface area (Å²) in [6.07, 6.45) is 3.82. The number of alkyl halides is 2. The van der Waals surface area contributed by atoms with Gasteiger partial charge in [0.25, 0.3) is 5.92 Å². The van der Waals surface area contributed by atoms with Crippen LogP contribution in [0, 0.1) is 11.2 Å². The van der Waals surface area contributed by atoms with E-state index in [4.69, 9.17) is 14.7 Å². The second-order valence-electron chi connectivity index (χ2n) is 13.2. The number of aliphatic hydroxyl groups is 1. The Balaban J connectivity index is 0.000000756. The molecule has 1 spiro atoms. The molecule has 1 fully saturated rings. The van der Waals surface area contributed by atoms with Crippen LogP contribution in [0.5, 0.6) is 5.75 Å². The largest absolute Gasteiger partial charge is 0.479 e. The van der Waals surface area contributed by atoms with Crippen molar-refractivity contribution in [3.05, 3.63) is 47.4 Å². The number of halogens is 3. The minimum absolute atomic E-state index is 0.0539. The van der Waals surface area contributed by atoms with Gasteiger partial charge < -0.3 is 24.9 Å². The first-order valence-electron chi connectivity index (χ1n) is 16.2. The molecular formula is C35H52F3N5O4. The van der Waals surface area contributed by atoms with Crippen LogP contribution in [0.4, 0.5) is 13.2 Å². The number of hydrogen-bond donors (Lipinski definition) is 2. The monoisotopic (exact) mass is 663 g/mol. The van der Waals surface area contributed by atoms with Gasteiger partial charge in [0.1, 0.15) is 11.6 Å². The van der Waals surface area contributed by atoms with E-state index in [0.717, 1.165) is 6.42 Å². The third kappa shape index (κ3) is 11.6. The average molecular weight is 664 g/mol. The Morgan fingerprint density at radius 1 is 1.26 bits per heavy atom. The number of benzene rings is 1. The van der Waals surface area contributed by atoms with Crippen LogP contribution in [0.1, 0.15) is 89.6 Å². The maximum atomic E-state index is 15.8. The Morgan fingerprint density at radius 3 is 2.51 bits per heavy atom. The summed E-state index contributed by atoms with van der Waals surface area (Å²) in [6, 6.07) is 5.81. The lowest BCUT2D eigenvalue weighted by atomic mass is 9.81. The first-order valence-corrected chi connectivity index (χ1v) is 16.2. The number of likely N-dealkylation sites (tertiary alicyclic amines) is 1. The summed E-state index contributed by atoms with van der Waals surface area (Å²) in [5.41, 5.74) is -0.677. The molecule has 3 heterocycles. The zero-order valence-corrected chi connectivity index (χ0v) is 28.9. The van der Waals surface area contributed by atoms with E-state index in [-0.39, 0.29) is 42.5 Å². The number of rotatable bonds is 7. The van der Waals surface area contributed by atoms with Gasteiger partial charge in [0.05, 0.1) is 23.6 Å². The number of aliphatic imine (C=N–C) groups is 1. The van der Waals surface area contributed by atoms with E-state index in [1.54, 1.807) is 6.92 Å². The smallest absolute Gasteiger partial charge is 0.317 e. The number of carbonyl (C=O) groups excluding carboxylic acids is 1. The van der Waals surface area contributed by atoms with Crippen LogP contribution in [-0.4, -0.2) is 84.9 Å². The molecule has 262 valence electrons. The van der Waals surface area contributed by atoms with Gasteiger partial charge in [0.15, 0.2) is 11.9 Å². The number of amidine groups is 1. The number of oxime groups is 1. The molecule has 2 aliphatic heterocycles. The van der Waals surface area contributed by atoms with E-state index in [2.05, 4.69) is 61.8 Å². The van der Waals surface area contributed by atoms with Crippen LogP contribution < -0.4 is 10.1 Å². The third-order valence-electron chi connectivity index (χ3n) is 7.58. The molecule has 9 nitrogen and oxygen atoms in total. The molecule has 0 aliphatic carbocycles. The molecule has 0 amide bonds.